The Labute approximate surface area is 101 Å². The maximum Gasteiger partial charge on any atom is 0.407 e. The molecule has 0 spiro atoms. The lowest BCUT2D eigenvalue weighted by molar-refractivity contribution is 0.0536. The van der Waals surface area contributed by atoms with E-state index in [1.807, 2.05) is 20.8 Å². The number of hydrogen-bond acceptors (Lipinski definition) is 3. The quantitative estimate of drug-likeness (QED) is 0.796. The van der Waals surface area contributed by atoms with E-state index in [1.54, 1.807) is 0 Å². The summed E-state index contributed by atoms with van der Waals surface area (Å²) < 4.78 is 5.16. The zero-order valence-electron chi connectivity index (χ0n) is 10.5. The standard InChI is InChI=1S/C12H18N3O2/c1-12(2,3)17-11(16)13-7-10-8-5-4-6-9(8)14-15-10/h4-7H2,1-3H3,(H,13,16). The summed E-state index contributed by atoms with van der Waals surface area (Å²) in [7, 11) is 0. The van der Waals surface area contributed by atoms with Gasteiger partial charge in [-0.3, -0.25) is 0 Å². The summed E-state index contributed by atoms with van der Waals surface area (Å²) in [5.41, 5.74) is 6.81. The molecular formula is C12H18N3O2. The first-order valence-corrected chi connectivity index (χ1v) is 5.92. The van der Waals surface area contributed by atoms with Crippen molar-refractivity contribution in [2.24, 2.45) is 5.10 Å². The van der Waals surface area contributed by atoms with Gasteiger partial charge in [-0.1, -0.05) is 0 Å². The van der Waals surface area contributed by atoms with E-state index in [1.165, 1.54) is 5.57 Å². The Balaban J connectivity index is 1.82. The third-order valence-corrected chi connectivity index (χ3v) is 2.63. The molecule has 5 nitrogen and oxygen atoms in total. The number of ether oxygens (including phenoxy) is 1. The number of hydrogen-bond donors (Lipinski definition) is 1. The number of alkyl carbamates (subject to hydrolysis) is 1. The molecular weight excluding hydrogens is 218 g/mol. The van der Waals surface area contributed by atoms with Gasteiger partial charge < -0.3 is 10.1 Å². The fourth-order valence-corrected chi connectivity index (χ4v) is 1.94. The van der Waals surface area contributed by atoms with Crippen molar-refractivity contribution in [2.75, 3.05) is 6.54 Å². The summed E-state index contributed by atoms with van der Waals surface area (Å²) in [5, 5.41) is 6.79. The molecule has 0 atom stereocenters. The zero-order chi connectivity index (χ0) is 12.5. The minimum absolute atomic E-state index is 0.400. The van der Waals surface area contributed by atoms with Crippen LogP contribution >= 0.6 is 0 Å². The SMILES string of the molecule is CC(C)(C)OC(=O)NCC1=N[N]C2=C1CCC2. The molecule has 1 amide bonds. The van der Waals surface area contributed by atoms with E-state index in [-0.39, 0.29) is 0 Å². The number of carbonyl (C=O) groups is 1. The maximum atomic E-state index is 11.5. The first-order valence-electron chi connectivity index (χ1n) is 5.92. The molecule has 1 heterocycles. The number of nitrogens with zero attached hydrogens (tertiary/aromatic N) is 2. The van der Waals surface area contributed by atoms with Crippen LogP contribution in [0.4, 0.5) is 4.79 Å². The van der Waals surface area contributed by atoms with Crippen LogP contribution in [0.15, 0.2) is 16.4 Å². The number of carbonyl (C=O) groups excluding carboxylic acids is 1. The zero-order valence-corrected chi connectivity index (χ0v) is 10.5. The predicted octanol–water partition coefficient (Wildman–Crippen LogP) is 1.92. The lowest BCUT2D eigenvalue weighted by Gasteiger charge is -2.19. The van der Waals surface area contributed by atoms with Crippen molar-refractivity contribution in [1.82, 2.24) is 10.7 Å². The van der Waals surface area contributed by atoms with Gasteiger partial charge >= 0.3 is 6.09 Å². The third kappa shape index (κ3) is 2.99. The molecule has 0 aromatic carbocycles. The van der Waals surface area contributed by atoms with Crippen LogP contribution in [0.3, 0.4) is 0 Å². The number of nitrogens with one attached hydrogen (secondary N) is 1. The summed E-state index contributed by atoms with van der Waals surface area (Å²) in [6.45, 7) is 5.92. The van der Waals surface area contributed by atoms with Gasteiger partial charge in [0.15, 0.2) is 0 Å². The molecule has 1 aliphatic carbocycles. The Hall–Kier alpha value is -1.52. The van der Waals surface area contributed by atoms with Crippen LogP contribution in [0.25, 0.3) is 0 Å². The number of allylic oxidation sites excluding steroid dienone is 1. The first kappa shape index (κ1) is 12.0. The fourth-order valence-electron chi connectivity index (χ4n) is 1.94. The van der Waals surface area contributed by atoms with Gasteiger partial charge in [-0.05, 0) is 40.0 Å². The molecule has 0 saturated carbocycles. The molecule has 0 fully saturated rings. The van der Waals surface area contributed by atoms with E-state index >= 15 is 0 Å². The minimum Gasteiger partial charge on any atom is -0.444 e. The first-order chi connectivity index (χ1) is 7.96. The van der Waals surface area contributed by atoms with Crippen molar-refractivity contribution in [3.8, 4) is 0 Å². The second-order valence-corrected chi connectivity index (χ2v) is 5.28. The Bertz CT molecular complexity index is 391. The smallest absolute Gasteiger partial charge is 0.407 e. The van der Waals surface area contributed by atoms with Gasteiger partial charge in [0.05, 0.1) is 18.0 Å². The van der Waals surface area contributed by atoms with Crippen LogP contribution in [0.1, 0.15) is 40.0 Å². The van der Waals surface area contributed by atoms with Crippen molar-refractivity contribution < 1.29 is 9.53 Å². The second-order valence-electron chi connectivity index (χ2n) is 5.28. The summed E-state index contributed by atoms with van der Waals surface area (Å²) in [4.78, 5) is 11.5. The van der Waals surface area contributed by atoms with E-state index in [4.69, 9.17) is 4.74 Å². The average molecular weight is 236 g/mol. The molecule has 2 rings (SSSR count). The highest BCUT2D eigenvalue weighted by molar-refractivity contribution is 6.04. The number of rotatable bonds is 2. The van der Waals surface area contributed by atoms with E-state index in [2.05, 4.69) is 15.8 Å². The van der Waals surface area contributed by atoms with E-state index in [0.29, 0.717) is 6.54 Å². The van der Waals surface area contributed by atoms with E-state index in [9.17, 15) is 4.79 Å². The van der Waals surface area contributed by atoms with Crippen LogP contribution in [0.5, 0.6) is 0 Å². The minimum atomic E-state index is -0.469. The molecule has 0 unspecified atom stereocenters. The topological polar surface area (TPSA) is 64.8 Å². The lowest BCUT2D eigenvalue weighted by Crippen LogP contribution is -2.35. The maximum absolute atomic E-state index is 11.5. The molecule has 17 heavy (non-hydrogen) atoms. The van der Waals surface area contributed by atoms with Crippen molar-refractivity contribution in [3.05, 3.63) is 11.3 Å². The van der Waals surface area contributed by atoms with Gasteiger partial charge in [0.1, 0.15) is 5.60 Å². The van der Waals surface area contributed by atoms with Crippen LogP contribution in [0.2, 0.25) is 0 Å². The molecule has 0 saturated heterocycles. The van der Waals surface area contributed by atoms with Crippen LogP contribution in [0, 0.1) is 0 Å². The summed E-state index contributed by atoms with van der Waals surface area (Å²) in [6, 6.07) is 0. The lowest BCUT2D eigenvalue weighted by atomic mass is 10.1. The van der Waals surface area contributed by atoms with Crippen LogP contribution in [-0.2, 0) is 4.74 Å². The number of amides is 1. The highest BCUT2D eigenvalue weighted by Crippen LogP contribution is 2.29. The van der Waals surface area contributed by atoms with Gasteiger partial charge in [-0.25, -0.2) is 4.79 Å². The van der Waals surface area contributed by atoms with Gasteiger partial charge in [0, 0.05) is 5.57 Å². The second kappa shape index (κ2) is 4.39. The van der Waals surface area contributed by atoms with E-state index in [0.717, 1.165) is 30.7 Å². The molecule has 0 aromatic heterocycles. The largest absolute Gasteiger partial charge is 0.444 e. The molecule has 0 aromatic rings. The van der Waals surface area contributed by atoms with Crippen molar-refractivity contribution in [3.63, 3.8) is 0 Å². The molecule has 93 valence electrons. The normalized spacial score (nSPS) is 18.6. The molecule has 1 aliphatic heterocycles. The van der Waals surface area contributed by atoms with Gasteiger partial charge in [0.25, 0.3) is 0 Å². The summed E-state index contributed by atoms with van der Waals surface area (Å²) in [6.07, 6.45) is 2.76. The molecule has 1 N–H and O–H groups in total. The third-order valence-electron chi connectivity index (χ3n) is 2.63. The van der Waals surface area contributed by atoms with Gasteiger partial charge in [0.2, 0.25) is 0 Å². The molecule has 1 radical (unpaired) electrons. The van der Waals surface area contributed by atoms with Gasteiger partial charge in [-0.2, -0.15) is 10.5 Å². The molecule has 0 bridgehead atoms. The van der Waals surface area contributed by atoms with Crippen LogP contribution < -0.4 is 10.7 Å². The monoisotopic (exact) mass is 236 g/mol. The van der Waals surface area contributed by atoms with E-state index < -0.39 is 11.7 Å². The Morgan fingerprint density at radius 2 is 2.18 bits per heavy atom. The summed E-state index contributed by atoms with van der Waals surface area (Å²) >= 11 is 0. The summed E-state index contributed by atoms with van der Waals surface area (Å²) in [5.74, 6) is 0. The Morgan fingerprint density at radius 3 is 2.88 bits per heavy atom. The van der Waals surface area contributed by atoms with Gasteiger partial charge in [-0.15, -0.1) is 0 Å². The highest BCUT2D eigenvalue weighted by atomic mass is 16.6. The average Bonchev–Trinajstić information content (AvgIpc) is 2.73. The Kier molecular flexibility index (Phi) is 3.09. The van der Waals surface area contributed by atoms with Crippen LogP contribution in [-0.4, -0.2) is 24.0 Å². The fraction of sp³-hybridized carbons (Fsp3) is 0.667. The predicted molar refractivity (Wildman–Crippen MR) is 64.7 cm³/mol. The Morgan fingerprint density at radius 1 is 1.41 bits per heavy atom. The molecule has 2 aliphatic rings. The van der Waals surface area contributed by atoms with Crippen molar-refractivity contribution >= 4 is 11.8 Å². The van der Waals surface area contributed by atoms with Crippen molar-refractivity contribution in [2.45, 2.75) is 45.6 Å². The van der Waals surface area contributed by atoms with Crippen molar-refractivity contribution in [1.29, 1.82) is 0 Å². The molecule has 5 heteroatoms. The highest BCUT2D eigenvalue weighted by Gasteiger charge is 2.26.